The summed E-state index contributed by atoms with van der Waals surface area (Å²) in [7, 11) is 0. The molecule has 0 aliphatic heterocycles. The van der Waals surface area contributed by atoms with Crippen molar-refractivity contribution in [2.45, 2.75) is 31.6 Å². The highest BCUT2D eigenvalue weighted by molar-refractivity contribution is 5.67. The molecule has 12 heavy (non-hydrogen) atoms. The molecule has 0 bridgehead atoms. The van der Waals surface area contributed by atoms with Crippen LogP contribution < -0.4 is 0 Å². The molecular weight excluding hydrogens is 152 g/mol. The SMILES string of the molecule is CC1(C=O)CCCc2ccoc21. The Hall–Kier alpha value is -1.05. The number of hydrogen-bond donors (Lipinski definition) is 0. The molecule has 1 aromatic heterocycles. The third-order valence-electron chi connectivity index (χ3n) is 2.67. The molecule has 2 rings (SSSR count). The van der Waals surface area contributed by atoms with Gasteiger partial charge < -0.3 is 9.21 Å². The lowest BCUT2D eigenvalue weighted by atomic mass is 9.77. The molecule has 1 unspecified atom stereocenters. The molecule has 2 nitrogen and oxygen atoms in total. The van der Waals surface area contributed by atoms with Gasteiger partial charge in [-0.1, -0.05) is 0 Å². The van der Waals surface area contributed by atoms with E-state index in [4.69, 9.17) is 4.42 Å². The van der Waals surface area contributed by atoms with Crippen LogP contribution >= 0.6 is 0 Å². The van der Waals surface area contributed by atoms with E-state index < -0.39 is 0 Å². The van der Waals surface area contributed by atoms with Crippen molar-refractivity contribution in [3.05, 3.63) is 23.7 Å². The molecule has 0 aromatic carbocycles. The Morgan fingerprint density at radius 2 is 2.50 bits per heavy atom. The molecule has 0 amide bonds. The fraction of sp³-hybridized carbons (Fsp3) is 0.500. The Balaban J connectivity index is 2.50. The Morgan fingerprint density at radius 1 is 1.67 bits per heavy atom. The normalized spacial score (nSPS) is 28.1. The minimum Gasteiger partial charge on any atom is -0.468 e. The zero-order valence-electron chi connectivity index (χ0n) is 7.17. The van der Waals surface area contributed by atoms with Crippen LogP contribution in [0.2, 0.25) is 0 Å². The summed E-state index contributed by atoms with van der Waals surface area (Å²) in [5.41, 5.74) is 0.840. The third kappa shape index (κ3) is 0.909. The van der Waals surface area contributed by atoms with E-state index in [9.17, 15) is 4.79 Å². The van der Waals surface area contributed by atoms with Crippen molar-refractivity contribution in [2.75, 3.05) is 0 Å². The number of carbonyl (C=O) groups is 1. The summed E-state index contributed by atoms with van der Waals surface area (Å²) in [6.07, 6.45) is 5.74. The fourth-order valence-electron chi connectivity index (χ4n) is 1.91. The minimum absolute atomic E-state index is 0.364. The van der Waals surface area contributed by atoms with Crippen molar-refractivity contribution >= 4 is 6.29 Å². The lowest BCUT2D eigenvalue weighted by Gasteiger charge is -2.26. The summed E-state index contributed by atoms with van der Waals surface area (Å²) >= 11 is 0. The van der Waals surface area contributed by atoms with Crippen LogP contribution in [-0.2, 0) is 16.6 Å². The van der Waals surface area contributed by atoms with Gasteiger partial charge in [-0.25, -0.2) is 0 Å². The summed E-state index contributed by atoms with van der Waals surface area (Å²) in [5.74, 6) is 0.878. The lowest BCUT2D eigenvalue weighted by molar-refractivity contribution is -0.113. The van der Waals surface area contributed by atoms with E-state index in [1.807, 2.05) is 13.0 Å². The van der Waals surface area contributed by atoms with Crippen LogP contribution in [0.25, 0.3) is 0 Å². The second-order valence-corrected chi connectivity index (χ2v) is 3.66. The Labute approximate surface area is 71.6 Å². The molecular formula is C10H12O2. The zero-order valence-corrected chi connectivity index (χ0v) is 7.17. The van der Waals surface area contributed by atoms with Crippen LogP contribution in [0.4, 0.5) is 0 Å². The molecule has 0 saturated carbocycles. The summed E-state index contributed by atoms with van der Waals surface area (Å²) in [6.45, 7) is 1.95. The first kappa shape index (κ1) is 7.59. The van der Waals surface area contributed by atoms with Crippen LogP contribution in [0.3, 0.4) is 0 Å². The first-order valence-electron chi connectivity index (χ1n) is 4.29. The van der Waals surface area contributed by atoms with Crippen molar-refractivity contribution in [1.29, 1.82) is 0 Å². The number of aldehydes is 1. The Bertz CT molecular complexity index is 301. The molecule has 1 atom stereocenters. The van der Waals surface area contributed by atoms with Crippen molar-refractivity contribution in [3.8, 4) is 0 Å². The number of carbonyl (C=O) groups excluding carboxylic acids is 1. The highest BCUT2D eigenvalue weighted by Crippen LogP contribution is 2.35. The largest absolute Gasteiger partial charge is 0.468 e. The van der Waals surface area contributed by atoms with Gasteiger partial charge in [0.05, 0.1) is 11.7 Å². The van der Waals surface area contributed by atoms with E-state index in [0.29, 0.717) is 0 Å². The van der Waals surface area contributed by atoms with Gasteiger partial charge in [0.25, 0.3) is 0 Å². The van der Waals surface area contributed by atoms with Gasteiger partial charge in [0.1, 0.15) is 12.0 Å². The number of hydrogen-bond acceptors (Lipinski definition) is 2. The standard InChI is InChI=1S/C10H12O2/c1-10(7-11)5-2-3-8-4-6-12-9(8)10/h4,6-7H,2-3,5H2,1H3. The molecule has 1 aliphatic carbocycles. The monoisotopic (exact) mass is 164 g/mol. The van der Waals surface area contributed by atoms with Gasteiger partial charge in [0.2, 0.25) is 0 Å². The smallest absolute Gasteiger partial charge is 0.133 e. The molecule has 0 fully saturated rings. The quantitative estimate of drug-likeness (QED) is 0.595. The summed E-state index contributed by atoms with van der Waals surface area (Å²) in [5, 5.41) is 0. The summed E-state index contributed by atoms with van der Waals surface area (Å²) in [6, 6.07) is 1.97. The highest BCUT2D eigenvalue weighted by atomic mass is 16.3. The minimum atomic E-state index is -0.364. The number of aryl methyl sites for hydroxylation is 1. The first-order valence-corrected chi connectivity index (χ1v) is 4.29. The topological polar surface area (TPSA) is 30.2 Å². The van der Waals surface area contributed by atoms with Gasteiger partial charge >= 0.3 is 0 Å². The van der Waals surface area contributed by atoms with Gasteiger partial charge in [-0.3, -0.25) is 0 Å². The zero-order chi connectivity index (χ0) is 8.60. The fourth-order valence-corrected chi connectivity index (χ4v) is 1.91. The predicted octanol–water partition coefficient (Wildman–Crippen LogP) is 2.07. The molecule has 0 spiro atoms. The second kappa shape index (κ2) is 2.47. The molecule has 0 radical (unpaired) electrons. The van der Waals surface area contributed by atoms with Crippen LogP contribution in [-0.4, -0.2) is 6.29 Å². The van der Waals surface area contributed by atoms with Crippen molar-refractivity contribution in [3.63, 3.8) is 0 Å². The average molecular weight is 164 g/mol. The Kier molecular flexibility index (Phi) is 1.56. The molecule has 1 heterocycles. The van der Waals surface area contributed by atoms with E-state index in [2.05, 4.69) is 0 Å². The van der Waals surface area contributed by atoms with Crippen molar-refractivity contribution in [2.24, 2.45) is 0 Å². The maximum Gasteiger partial charge on any atom is 0.133 e. The van der Waals surface area contributed by atoms with Gasteiger partial charge in [0, 0.05) is 0 Å². The van der Waals surface area contributed by atoms with Gasteiger partial charge in [0.15, 0.2) is 0 Å². The van der Waals surface area contributed by atoms with Gasteiger partial charge in [-0.2, -0.15) is 0 Å². The van der Waals surface area contributed by atoms with Crippen LogP contribution in [0.15, 0.2) is 16.7 Å². The maximum atomic E-state index is 10.9. The highest BCUT2D eigenvalue weighted by Gasteiger charge is 2.34. The van der Waals surface area contributed by atoms with Crippen molar-refractivity contribution in [1.82, 2.24) is 0 Å². The molecule has 0 N–H and O–H groups in total. The number of rotatable bonds is 1. The number of fused-ring (bicyclic) bond motifs is 1. The van der Waals surface area contributed by atoms with E-state index in [1.165, 1.54) is 5.56 Å². The molecule has 64 valence electrons. The first-order chi connectivity index (χ1) is 5.76. The van der Waals surface area contributed by atoms with Crippen LogP contribution in [0, 0.1) is 0 Å². The van der Waals surface area contributed by atoms with Gasteiger partial charge in [-0.15, -0.1) is 0 Å². The van der Waals surface area contributed by atoms with E-state index >= 15 is 0 Å². The molecule has 1 aromatic rings. The maximum absolute atomic E-state index is 10.9. The molecule has 0 saturated heterocycles. The van der Waals surface area contributed by atoms with Gasteiger partial charge in [-0.05, 0) is 37.8 Å². The third-order valence-corrected chi connectivity index (χ3v) is 2.67. The average Bonchev–Trinajstić information content (AvgIpc) is 2.54. The van der Waals surface area contributed by atoms with Crippen LogP contribution in [0.1, 0.15) is 31.1 Å². The summed E-state index contributed by atoms with van der Waals surface area (Å²) < 4.78 is 5.33. The summed E-state index contributed by atoms with van der Waals surface area (Å²) in [4.78, 5) is 10.9. The second-order valence-electron chi connectivity index (χ2n) is 3.66. The van der Waals surface area contributed by atoms with E-state index in [1.54, 1.807) is 6.26 Å². The van der Waals surface area contributed by atoms with Crippen molar-refractivity contribution < 1.29 is 9.21 Å². The van der Waals surface area contributed by atoms with E-state index in [-0.39, 0.29) is 5.41 Å². The molecule has 2 heteroatoms. The van der Waals surface area contributed by atoms with Crippen LogP contribution in [0.5, 0.6) is 0 Å². The Morgan fingerprint density at radius 3 is 3.25 bits per heavy atom. The number of furan rings is 1. The predicted molar refractivity (Wildman–Crippen MR) is 45.1 cm³/mol. The van der Waals surface area contributed by atoms with E-state index in [0.717, 1.165) is 31.3 Å². The lowest BCUT2D eigenvalue weighted by Crippen LogP contribution is -2.27. The molecule has 1 aliphatic rings.